The van der Waals surface area contributed by atoms with Crippen LogP contribution < -0.4 is 14.4 Å². The van der Waals surface area contributed by atoms with E-state index in [-0.39, 0.29) is 23.0 Å². The zero-order valence-corrected chi connectivity index (χ0v) is 22.4. The first-order chi connectivity index (χ1) is 18.2. The van der Waals surface area contributed by atoms with Crippen LogP contribution in [0.3, 0.4) is 0 Å². The molecule has 3 rings (SSSR count). The maximum absolute atomic E-state index is 13.7. The van der Waals surface area contributed by atoms with Crippen molar-refractivity contribution in [1.82, 2.24) is 10.2 Å². The normalized spacial score (nSPS) is 11.9. The van der Waals surface area contributed by atoms with Crippen molar-refractivity contribution in [2.45, 2.75) is 38.3 Å². The van der Waals surface area contributed by atoms with Crippen LogP contribution in [0.5, 0.6) is 5.75 Å². The largest absolute Gasteiger partial charge is 0.494 e. The van der Waals surface area contributed by atoms with Crippen molar-refractivity contribution < 1.29 is 27.1 Å². The lowest BCUT2D eigenvalue weighted by Gasteiger charge is -2.32. The lowest BCUT2D eigenvalue weighted by atomic mass is 10.1. The van der Waals surface area contributed by atoms with Gasteiger partial charge in [-0.2, -0.15) is 0 Å². The Morgan fingerprint density at radius 3 is 2.16 bits per heavy atom. The molecule has 0 fully saturated rings. The number of nitrogens with one attached hydrogen (secondary N) is 1. The summed E-state index contributed by atoms with van der Waals surface area (Å²) < 4.78 is 47.4. The second-order valence-electron chi connectivity index (χ2n) is 8.47. The minimum Gasteiger partial charge on any atom is -0.494 e. The molecule has 0 saturated heterocycles. The Morgan fingerprint density at radius 2 is 1.58 bits per heavy atom. The van der Waals surface area contributed by atoms with Crippen LogP contribution in [0.2, 0.25) is 0 Å². The Bertz CT molecular complexity index is 1320. The van der Waals surface area contributed by atoms with Gasteiger partial charge in [-0.05, 0) is 74.9 Å². The number of nitrogens with zero attached hydrogens (tertiary/aromatic N) is 2. The van der Waals surface area contributed by atoms with Gasteiger partial charge in [0.25, 0.3) is 10.0 Å². The fourth-order valence-corrected chi connectivity index (χ4v) is 5.25. The second-order valence-corrected chi connectivity index (χ2v) is 10.3. The predicted octanol–water partition coefficient (Wildman–Crippen LogP) is 3.97. The molecule has 0 aliphatic carbocycles. The van der Waals surface area contributed by atoms with Crippen molar-refractivity contribution in [2.75, 3.05) is 24.0 Å². The van der Waals surface area contributed by atoms with E-state index in [4.69, 9.17) is 4.74 Å². The van der Waals surface area contributed by atoms with Gasteiger partial charge in [-0.3, -0.25) is 13.9 Å². The molecular weight excluding hydrogens is 509 g/mol. The van der Waals surface area contributed by atoms with E-state index < -0.39 is 34.3 Å². The van der Waals surface area contributed by atoms with Gasteiger partial charge < -0.3 is 15.0 Å². The third-order valence-electron chi connectivity index (χ3n) is 5.83. The van der Waals surface area contributed by atoms with Gasteiger partial charge in [0, 0.05) is 13.1 Å². The van der Waals surface area contributed by atoms with Crippen LogP contribution >= 0.6 is 0 Å². The van der Waals surface area contributed by atoms with E-state index in [2.05, 4.69) is 5.32 Å². The minimum atomic E-state index is -4.15. The first kappa shape index (κ1) is 28.6. The maximum Gasteiger partial charge on any atom is 0.264 e. The molecule has 0 radical (unpaired) electrons. The third-order valence-corrected chi connectivity index (χ3v) is 7.62. The number of benzene rings is 3. The van der Waals surface area contributed by atoms with Gasteiger partial charge in [-0.25, -0.2) is 12.8 Å². The highest BCUT2D eigenvalue weighted by atomic mass is 32.2. The molecule has 0 aliphatic heterocycles. The monoisotopic (exact) mass is 541 g/mol. The third kappa shape index (κ3) is 7.10. The number of carbonyl (C=O) groups is 2. The van der Waals surface area contributed by atoms with Crippen LogP contribution in [0.4, 0.5) is 10.1 Å². The van der Waals surface area contributed by atoms with Crippen LogP contribution in [0.25, 0.3) is 0 Å². The molecule has 0 heterocycles. The molecule has 202 valence electrons. The lowest BCUT2D eigenvalue weighted by Crippen LogP contribution is -2.51. The van der Waals surface area contributed by atoms with E-state index >= 15 is 0 Å². The molecule has 3 aromatic rings. The number of ether oxygens (including phenoxy) is 1. The van der Waals surface area contributed by atoms with E-state index in [9.17, 15) is 22.4 Å². The summed E-state index contributed by atoms with van der Waals surface area (Å²) in [5.41, 5.74) is 0.854. The zero-order chi connectivity index (χ0) is 27.7. The molecule has 0 bridgehead atoms. The van der Waals surface area contributed by atoms with Crippen molar-refractivity contribution in [3.63, 3.8) is 0 Å². The van der Waals surface area contributed by atoms with Gasteiger partial charge >= 0.3 is 0 Å². The number of amides is 2. The Balaban J connectivity index is 2.01. The van der Waals surface area contributed by atoms with Crippen molar-refractivity contribution in [2.24, 2.45) is 0 Å². The van der Waals surface area contributed by atoms with Gasteiger partial charge in [0.15, 0.2) is 0 Å². The highest BCUT2D eigenvalue weighted by molar-refractivity contribution is 7.92. The summed E-state index contributed by atoms with van der Waals surface area (Å²) in [7, 11) is -4.15. The van der Waals surface area contributed by atoms with Crippen LogP contribution in [-0.4, -0.2) is 50.9 Å². The minimum absolute atomic E-state index is 0.0140. The summed E-state index contributed by atoms with van der Waals surface area (Å²) in [6.07, 6.45) is 0. The summed E-state index contributed by atoms with van der Waals surface area (Å²) in [5.74, 6) is -0.857. The summed E-state index contributed by atoms with van der Waals surface area (Å²) in [4.78, 5) is 27.7. The molecule has 1 N–H and O–H groups in total. The molecule has 8 nitrogen and oxygen atoms in total. The molecule has 0 unspecified atom stereocenters. The Morgan fingerprint density at radius 1 is 0.947 bits per heavy atom. The molecule has 0 saturated carbocycles. The average molecular weight is 542 g/mol. The van der Waals surface area contributed by atoms with Crippen LogP contribution in [0.15, 0.2) is 83.8 Å². The molecule has 1 atom stereocenters. The summed E-state index contributed by atoms with van der Waals surface area (Å²) in [6.45, 7) is 5.40. The van der Waals surface area contributed by atoms with E-state index in [1.54, 1.807) is 56.3 Å². The fraction of sp³-hybridized carbons (Fsp3) is 0.286. The van der Waals surface area contributed by atoms with E-state index in [0.717, 1.165) is 4.31 Å². The van der Waals surface area contributed by atoms with Crippen LogP contribution in [-0.2, 0) is 26.2 Å². The first-order valence-corrected chi connectivity index (χ1v) is 13.7. The number of hydrogen-bond donors (Lipinski definition) is 1. The number of sulfonamides is 1. The van der Waals surface area contributed by atoms with Crippen molar-refractivity contribution in [3.05, 3.63) is 90.2 Å². The van der Waals surface area contributed by atoms with Crippen molar-refractivity contribution in [1.29, 1.82) is 0 Å². The number of rotatable bonds is 12. The molecule has 0 aromatic heterocycles. The number of carbonyl (C=O) groups excluding carboxylic acids is 2. The number of likely N-dealkylation sites (N-methyl/N-ethyl adjacent to an activating group) is 1. The maximum atomic E-state index is 13.7. The Labute approximate surface area is 223 Å². The SMILES string of the molecule is CCNC(=O)[C@@H](C)N(Cc1ccc(F)cc1)C(=O)CN(c1ccc(OCC)cc1)S(=O)(=O)c1ccccc1. The topological polar surface area (TPSA) is 96.0 Å². The van der Waals surface area contributed by atoms with E-state index in [1.807, 2.05) is 6.92 Å². The Hall–Kier alpha value is -3.92. The quantitative estimate of drug-likeness (QED) is 0.374. The zero-order valence-electron chi connectivity index (χ0n) is 21.6. The molecule has 2 amide bonds. The predicted molar refractivity (Wildman–Crippen MR) is 144 cm³/mol. The van der Waals surface area contributed by atoms with Gasteiger partial charge in [-0.1, -0.05) is 30.3 Å². The number of halogens is 1. The van der Waals surface area contributed by atoms with Gasteiger partial charge in [0.1, 0.15) is 24.2 Å². The molecule has 38 heavy (non-hydrogen) atoms. The molecule has 0 spiro atoms. The Kier molecular flexibility index (Phi) is 9.84. The smallest absolute Gasteiger partial charge is 0.264 e. The summed E-state index contributed by atoms with van der Waals surface area (Å²) in [6, 6.07) is 18.9. The van der Waals surface area contributed by atoms with Gasteiger partial charge in [0.05, 0.1) is 17.2 Å². The summed E-state index contributed by atoms with van der Waals surface area (Å²) >= 11 is 0. The molecular formula is C28H32FN3O5S. The average Bonchev–Trinajstić information content (AvgIpc) is 2.92. The molecule has 10 heteroatoms. The number of hydrogen-bond acceptors (Lipinski definition) is 5. The van der Waals surface area contributed by atoms with E-state index in [1.165, 1.54) is 41.3 Å². The van der Waals surface area contributed by atoms with Crippen LogP contribution in [0, 0.1) is 5.82 Å². The standard InChI is InChI=1S/C28H32FN3O5S/c1-4-30-28(34)21(3)31(19-22-11-13-23(29)14-12-22)27(33)20-32(24-15-17-25(18-16-24)37-5-2)38(35,36)26-9-7-6-8-10-26/h6-18,21H,4-5,19-20H2,1-3H3,(H,30,34)/t21-/m1/s1. The van der Waals surface area contributed by atoms with Gasteiger partial charge in [-0.15, -0.1) is 0 Å². The highest BCUT2D eigenvalue weighted by Gasteiger charge is 2.32. The van der Waals surface area contributed by atoms with Crippen LogP contribution in [0.1, 0.15) is 26.3 Å². The molecule has 3 aromatic carbocycles. The van der Waals surface area contributed by atoms with Gasteiger partial charge in [0.2, 0.25) is 11.8 Å². The second kappa shape index (κ2) is 13.0. The first-order valence-electron chi connectivity index (χ1n) is 12.3. The lowest BCUT2D eigenvalue weighted by molar-refractivity contribution is -0.139. The van der Waals surface area contributed by atoms with E-state index in [0.29, 0.717) is 24.5 Å². The highest BCUT2D eigenvalue weighted by Crippen LogP contribution is 2.26. The number of anilines is 1. The molecule has 0 aliphatic rings. The van der Waals surface area contributed by atoms with Crippen molar-refractivity contribution in [3.8, 4) is 5.75 Å². The fourth-order valence-electron chi connectivity index (χ4n) is 3.81. The van der Waals surface area contributed by atoms with Crippen molar-refractivity contribution >= 4 is 27.5 Å². The summed E-state index contributed by atoms with van der Waals surface area (Å²) in [5, 5.41) is 2.70.